The van der Waals surface area contributed by atoms with E-state index in [1.54, 1.807) is 6.08 Å². The van der Waals surface area contributed by atoms with Gasteiger partial charge in [-0.1, -0.05) is 24.3 Å². The molecular formula is C16H18N2O2. The highest BCUT2D eigenvalue weighted by Gasteiger charge is 2.28. The van der Waals surface area contributed by atoms with Crippen molar-refractivity contribution in [3.05, 3.63) is 41.5 Å². The maximum atomic E-state index is 10.6. The van der Waals surface area contributed by atoms with E-state index in [1.165, 1.54) is 12.8 Å². The first kappa shape index (κ1) is 14.3. The van der Waals surface area contributed by atoms with Gasteiger partial charge in [0, 0.05) is 31.6 Å². The SMILES string of the molecule is N#CCCN(Cc1ccccc1C=CC(=O)O)C1CC1. The first-order valence-electron chi connectivity index (χ1n) is 6.80. The van der Waals surface area contributed by atoms with Crippen molar-refractivity contribution in [2.45, 2.75) is 31.8 Å². The number of nitriles is 1. The fraction of sp³-hybridized carbons (Fsp3) is 0.375. The van der Waals surface area contributed by atoms with Crippen LogP contribution in [0, 0.1) is 11.3 Å². The molecule has 2 rings (SSSR count). The van der Waals surface area contributed by atoms with Gasteiger partial charge in [-0.3, -0.25) is 4.90 Å². The standard InChI is InChI=1S/C16H18N2O2/c17-10-3-11-18(15-7-8-15)12-14-5-2-1-4-13(14)6-9-16(19)20/h1-2,4-6,9,15H,3,7-8,11-12H2,(H,19,20). The quantitative estimate of drug-likeness (QED) is 0.774. The van der Waals surface area contributed by atoms with Crippen LogP contribution in [0.2, 0.25) is 0 Å². The van der Waals surface area contributed by atoms with Crippen LogP contribution in [0.25, 0.3) is 6.08 Å². The van der Waals surface area contributed by atoms with Crippen molar-refractivity contribution in [3.8, 4) is 6.07 Å². The van der Waals surface area contributed by atoms with Crippen molar-refractivity contribution in [3.63, 3.8) is 0 Å². The van der Waals surface area contributed by atoms with Crippen molar-refractivity contribution in [1.29, 1.82) is 5.26 Å². The molecule has 104 valence electrons. The smallest absolute Gasteiger partial charge is 0.328 e. The highest BCUT2D eigenvalue weighted by atomic mass is 16.4. The van der Waals surface area contributed by atoms with E-state index in [0.717, 1.165) is 30.3 Å². The third-order valence-corrected chi connectivity index (χ3v) is 3.41. The zero-order valence-electron chi connectivity index (χ0n) is 11.3. The lowest BCUT2D eigenvalue weighted by atomic mass is 10.1. The molecule has 1 aromatic rings. The van der Waals surface area contributed by atoms with Crippen molar-refractivity contribution < 1.29 is 9.90 Å². The third-order valence-electron chi connectivity index (χ3n) is 3.41. The van der Waals surface area contributed by atoms with E-state index in [-0.39, 0.29) is 0 Å². The lowest BCUT2D eigenvalue weighted by molar-refractivity contribution is -0.131. The molecule has 1 fully saturated rings. The molecule has 4 nitrogen and oxygen atoms in total. The first-order valence-corrected chi connectivity index (χ1v) is 6.80. The zero-order chi connectivity index (χ0) is 14.4. The van der Waals surface area contributed by atoms with Crippen molar-refractivity contribution in [2.24, 2.45) is 0 Å². The largest absolute Gasteiger partial charge is 0.478 e. The van der Waals surface area contributed by atoms with Crippen LogP contribution >= 0.6 is 0 Å². The Morgan fingerprint density at radius 3 is 2.85 bits per heavy atom. The summed E-state index contributed by atoms with van der Waals surface area (Å²) < 4.78 is 0. The van der Waals surface area contributed by atoms with Gasteiger partial charge in [0.15, 0.2) is 0 Å². The Morgan fingerprint density at radius 2 is 2.20 bits per heavy atom. The van der Waals surface area contributed by atoms with E-state index >= 15 is 0 Å². The Balaban J connectivity index is 2.10. The van der Waals surface area contributed by atoms with Gasteiger partial charge in [0.2, 0.25) is 0 Å². The molecule has 1 aliphatic carbocycles. The lowest BCUT2D eigenvalue weighted by Gasteiger charge is -2.21. The van der Waals surface area contributed by atoms with Crippen LogP contribution in [0.3, 0.4) is 0 Å². The minimum absolute atomic E-state index is 0.531. The normalized spacial score (nSPS) is 14.6. The number of nitrogens with zero attached hydrogens (tertiary/aromatic N) is 2. The van der Waals surface area contributed by atoms with Gasteiger partial charge < -0.3 is 5.11 Å². The van der Waals surface area contributed by atoms with Crippen molar-refractivity contribution >= 4 is 12.0 Å². The minimum Gasteiger partial charge on any atom is -0.478 e. The summed E-state index contributed by atoms with van der Waals surface area (Å²) in [6, 6.07) is 10.6. The summed E-state index contributed by atoms with van der Waals surface area (Å²) in [6.07, 6.45) is 5.71. The van der Waals surface area contributed by atoms with E-state index in [2.05, 4.69) is 11.0 Å². The summed E-state index contributed by atoms with van der Waals surface area (Å²) in [5.74, 6) is -0.941. The molecule has 0 heterocycles. The molecule has 0 aromatic heterocycles. The van der Waals surface area contributed by atoms with Gasteiger partial charge in [-0.2, -0.15) is 5.26 Å². The summed E-state index contributed by atoms with van der Waals surface area (Å²) in [7, 11) is 0. The van der Waals surface area contributed by atoms with Gasteiger partial charge in [0.1, 0.15) is 0 Å². The average molecular weight is 270 g/mol. The van der Waals surface area contributed by atoms with Gasteiger partial charge in [0.25, 0.3) is 0 Å². The molecule has 0 saturated heterocycles. The maximum absolute atomic E-state index is 10.6. The second-order valence-corrected chi connectivity index (χ2v) is 4.98. The van der Waals surface area contributed by atoms with Crippen molar-refractivity contribution in [2.75, 3.05) is 6.54 Å². The molecule has 0 amide bonds. The van der Waals surface area contributed by atoms with Crippen LogP contribution in [-0.2, 0) is 11.3 Å². The van der Waals surface area contributed by atoms with E-state index in [9.17, 15) is 4.79 Å². The van der Waals surface area contributed by atoms with Gasteiger partial charge in [0.05, 0.1) is 6.07 Å². The monoisotopic (exact) mass is 270 g/mol. The number of carboxylic acid groups (broad SMARTS) is 1. The number of rotatable bonds is 7. The van der Waals surface area contributed by atoms with Crippen LogP contribution < -0.4 is 0 Å². The van der Waals surface area contributed by atoms with Crippen LogP contribution in [0.1, 0.15) is 30.4 Å². The molecule has 0 aliphatic heterocycles. The molecule has 0 atom stereocenters. The fourth-order valence-electron chi connectivity index (χ4n) is 2.24. The zero-order valence-corrected chi connectivity index (χ0v) is 11.3. The molecule has 1 aromatic carbocycles. The highest BCUT2D eigenvalue weighted by molar-refractivity contribution is 5.85. The maximum Gasteiger partial charge on any atom is 0.328 e. The predicted molar refractivity (Wildman–Crippen MR) is 76.8 cm³/mol. The van der Waals surface area contributed by atoms with Crippen molar-refractivity contribution in [1.82, 2.24) is 4.90 Å². The molecule has 1 aliphatic rings. The average Bonchev–Trinajstić information content (AvgIpc) is 3.26. The summed E-state index contributed by atoms with van der Waals surface area (Å²) in [5, 5.41) is 17.5. The lowest BCUT2D eigenvalue weighted by Crippen LogP contribution is -2.26. The molecule has 0 spiro atoms. The Kier molecular flexibility index (Phi) is 4.91. The van der Waals surface area contributed by atoms with E-state index in [1.807, 2.05) is 24.3 Å². The Hall–Kier alpha value is -2.12. The Labute approximate surface area is 118 Å². The summed E-state index contributed by atoms with van der Waals surface area (Å²) in [6.45, 7) is 1.55. The van der Waals surface area contributed by atoms with Crippen LogP contribution in [0.15, 0.2) is 30.3 Å². The molecule has 1 saturated carbocycles. The molecule has 4 heteroatoms. The number of hydrogen-bond donors (Lipinski definition) is 1. The third kappa shape index (κ3) is 4.22. The molecule has 0 radical (unpaired) electrons. The van der Waals surface area contributed by atoms with E-state index < -0.39 is 5.97 Å². The summed E-state index contributed by atoms with van der Waals surface area (Å²) >= 11 is 0. The molecule has 20 heavy (non-hydrogen) atoms. The van der Waals surface area contributed by atoms with Gasteiger partial charge >= 0.3 is 5.97 Å². The van der Waals surface area contributed by atoms with Gasteiger partial charge in [-0.25, -0.2) is 4.79 Å². The number of hydrogen-bond acceptors (Lipinski definition) is 3. The fourth-order valence-corrected chi connectivity index (χ4v) is 2.24. The van der Waals surface area contributed by atoms with Crippen LogP contribution in [-0.4, -0.2) is 28.6 Å². The summed E-state index contributed by atoms with van der Waals surface area (Å²) in [4.78, 5) is 12.9. The molecule has 0 unspecified atom stereocenters. The molecule has 0 bridgehead atoms. The topological polar surface area (TPSA) is 64.3 Å². The number of carbonyl (C=O) groups is 1. The van der Waals surface area contributed by atoms with Gasteiger partial charge in [-0.05, 0) is 30.0 Å². The molecule has 1 N–H and O–H groups in total. The Bertz CT molecular complexity index is 542. The second kappa shape index (κ2) is 6.88. The van der Waals surface area contributed by atoms with E-state index in [0.29, 0.717) is 12.5 Å². The highest BCUT2D eigenvalue weighted by Crippen LogP contribution is 2.29. The van der Waals surface area contributed by atoms with Gasteiger partial charge in [-0.15, -0.1) is 0 Å². The molecular weight excluding hydrogens is 252 g/mol. The summed E-state index contributed by atoms with van der Waals surface area (Å²) in [5.41, 5.74) is 2.03. The second-order valence-electron chi connectivity index (χ2n) is 4.98. The number of benzene rings is 1. The predicted octanol–water partition coefficient (Wildman–Crippen LogP) is 2.66. The first-order chi connectivity index (χ1) is 9.70. The number of aliphatic carboxylic acids is 1. The van der Waals surface area contributed by atoms with E-state index in [4.69, 9.17) is 10.4 Å². The Morgan fingerprint density at radius 1 is 1.45 bits per heavy atom. The van der Waals surface area contributed by atoms with Crippen LogP contribution in [0.4, 0.5) is 0 Å². The van der Waals surface area contributed by atoms with Crippen LogP contribution in [0.5, 0.6) is 0 Å². The minimum atomic E-state index is -0.941. The number of carboxylic acids is 1.